The highest BCUT2D eigenvalue weighted by molar-refractivity contribution is 6.30. The highest BCUT2D eigenvalue weighted by Gasteiger charge is 2.40. The van der Waals surface area contributed by atoms with Gasteiger partial charge in [0.15, 0.2) is 0 Å². The van der Waals surface area contributed by atoms with Gasteiger partial charge in [0.05, 0.1) is 5.69 Å². The van der Waals surface area contributed by atoms with Gasteiger partial charge in [0.25, 0.3) is 0 Å². The number of rotatable bonds is 1. The molecule has 0 aliphatic heterocycles. The average molecular weight is 223 g/mol. The van der Waals surface area contributed by atoms with E-state index in [2.05, 4.69) is 9.97 Å². The molecule has 78 valence electrons. The van der Waals surface area contributed by atoms with Crippen LogP contribution in [0.1, 0.15) is 24.1 Å². The summed E-state index contributed by atoms with van der Waals surface area (Å²) in [6, 6.07) is 0. The number of hydrogen-bond acceptors (Lipinski definition) is 3. The Bertz CT molecular complexity index is 542. The monoisotopic (exact) mass is 222 g/mol. The molecular weight excluding hydrogens is 212 g/mol. The molecule has 2 N–H and O–H groups in total. The Morgan fingerprint density at radius 3 is 2.93 bits per heavy atom. The van der Waals surface area contributed by atoms with Crippen LogP contribution in [0.4, 0.5) is 0 Å². The maximum Gasteiger partial charge on any atom is 0.235 e. The molecule has 15 heavy (non-hydrogen) atoms. The minimum Gasteiger partial charge on any atom is -0.321 e. The van der Waals surface area contributed by atoms with Crippen molar-refractivity contribution >= 4 is 17.4 Å². The van der Waals surface area contributed by atoms with E-state index in [1.165, 1.54) is 0 Å². The molecule has 0 bridgehead atoms. The molecule has 0 amide bonds. The van der Waals surface area contributed by atoms with Crippen molar-refractivity contribution in [1.29, 1.82) is 0 Å². The SMILES string of the molecule is Cc1nc2ncc(C3(N)CC3)cn2c1Cl. The number of nitrogens with zero attached hydrogens (tertiary/aromatic N) is 3. The smallest absolute Gasteiger partial charge is 0.235 e. The molecule has 0 unspecified atom stereocenters. The Labute approximate surface area is 92.1 Å². The van der Waals surface area contributed by atoms with E-state index in [0.717, 1.165) is 24.1 Å². The van der Waals surface area contributed by atoms with E-state index in [1.54, 1.807) is 10.6 Å². The predicted octanol–water partition coefficient (Wildman–Crippen LogP) is 1.64. The van der Waals surface area contributed by atoms with Gasteiger partial charge in [0.2, 0.25) is 5.78 Å². The van der Waals surface area contributed by atoms with Crippen LogP contribution in [-0.4, -0.2) is 14.4 Å². The van der Waals surface area contributed by atoms with E-state index < -0.39 is 0 Å². The van der Waals surface area contributed by atoms with E-state index >= 15 is 0 Å². The van der Waals surface area contributed by atoms with Crippen molar-refractivity contribution in [2.24, 2.45) is 5.73 Å². The third-order valence-corrected chi connectivity index (χ3v) is 3.40. The molecule has 0 atom stereocenters. The van der Waals surface area contributed by atoms with E-state index in [0.29, 0.717) is 10.9 Å². The number of fused-ring (bicyclic) bond motifs is 1. The van der Waals surface area contributed by atoms with Crippen LogP contribution >= 0.6 is 11.6 Å². The van der Waals surface area contributed by atoms with Gasteiger partial charge >= 0.3 is 0 Å². The number of nitrogens with two attached hydrogens (primary N) is 1. The molecule has 0 spiro atoms. The lowest BCUT2D eigenvalue weighted by molar-refractivity contribution is 0.726. The van der Waals surface area contributed by atoms with Crippen molar-refractivity contribution < 1.29 is 0 Å². The molecule has 5 heteroatoms. The maximum absolute atomic E-state index is 6.10. The summed E-state index contributed by atoms with van der Waals surface area (Å²) in [7, 11) is 0. The molecule has 1 aliphatic rings. The number of imidazole rings is 1. The summed E-state index contributed by atoms with van der Waals surface area (Å²) in [6.07, 6.45) is 5.78. The molecule has 3 rings (SSSR count). The van der Waals surface area contributed by atoms with Gasteiger partial charge in [-0.2, -0.15) is 0 Å². The van der Waals surface area contributed by atoms with Crippen LogP contribution in [0.25, 0.3) is 5.78 Å². The first-order valence-electron chi connectivity index (χ1n) is 4.90. The Balaban J connectivity index is 2.25. The van der Waals surface area contributed by atoms with Crippen molar-refractivity contribution in [3.8, 4) is 0 Å². The number of halogens is 1. The van der Waals surface area contributed by atoms with Crippen LogP contribution in [-0.2, 0) is 5.54 Å². The maximum atomic E-state index is 6.10. The fraction of sp³-hybridized carbons (Fsp3) is 0.400. The summed E-state index contributed by atoms with van der Waals surface area (Å²) in [5.41, 5.74) is 7.75. The minimum absolute atomic E-state index is 0.178. The second kappa shape index (κ2) is 2.71. The minimum atomic E-state index is -0.178. The first-order valence-corrected chi connectivity index (χ1v) is 5.27. The van der Waals surface area contributed by atoms with Crippen molar-refractivity contribution in [3.63, 3.8) is 0 Å². The molecule has 2 aromatic rings. The van der Waals surface area contributed by atoms with E-state index in [4.69, 9.17) is 17.3 Å². The van der Waals surface area contributed by atoms with Gasteiger partial charge in [-0.3, -0.25) is 4.40 Å². The van der Waals surface area contributed by atoms with Gasteiger partial charge in [-0.15, -0.1) is 0 Å². The number of hydrogen-bond donors (Lipinski definition) is 1. The summed E-state index contributed by atoms with van der Waals surface area (Å²) in [5, 5.41) is 0.614. The Hall–Kier alpha value is -1.13. The molecule has 0 aromatic carbocycles. The second-order valence-electron chi connectivity index (χ2n) is 4.16. The third kappa shape index (κ3) is 1.25. The summed E-state index contributed by atoms with van der Waals surface area (Å²) >= 11 is 6.10. The Morgan fingerprint density at radius 2 is 2.27 bits per heavy atom. The molecule has 0 radical (unpaired) electrons. The molecule has 0 saturated heterocycles. The van der Waals surface area contributed by atoms with Gasteiger partial charge in [0.1, 0.15) is 5.15 Å². The van der Waals surface area contributed by atoms with Crippen molar-refractivity contribution in [2.45, 2.75) is 25.3 Å². The number of aromatic nitrogens is 3. The van der Waals surface area contributed by atoms with Crippen LogP contribution in [0.3, 0.4) is 0 Å². The zero-order valence-corrected chi connectivity index (χ0v) is 9.12. The highest BCUT2D eigenvalue weighted by atomic mass is 35.5. The predicted molar refractivity (Wildman–Crippen MR) is 57.8 cm³/mol. The zero-order chi connectivity index (χ0) is 10.6. The molecule has 1 fully saturated rings. The number of aryl methyl sites for hydroxylation is 1. The van der Waals surface area contributed by atoms with Crippen LogP contribution < -0.4 is 5.73 Å². The molecule has 1 aliphatic carbocycles. The van der Waals surface area contributed by atoms with Crippen LogP contribution in [0, 0.1) is 6.92 Å². The third-order valence-electron chi connectivity index (χ3n) is 2.94. The first-order chi connectivity index (χ1) is 7.10. The van der Waals surface area contributed by atoms with E-state index in [9.17, 15) is 0 Å². The highest BCUT2D eigenvalue weighted by Crippen LogP contribution is 2.42. The molecule has 1 saturated carbocycles. The van der Waals surface area contributed by atoms with Gasteiger partial charge in [-0.1, -0.05) is 11.6 Å². The largest absolute Gasteiger partial charge is 0.321 e. The topological polar surface area (TPSA) is 56.2 Å². The lowest BCUT2D eigenvalue weighted by Gasteiger charge is -2.08. The van der Waals surface area contributed by atoms with Gasteiger partial charge in [0, 0.05) is 23.5 Å². The zero-order valence-electron chi connectivity index (χ0n) is 8.37. The fourth-order valence-corrected chi connectivity index (χ4v) is 1.86. The lowest BCUT2D eigenvalue weighted by Crippen LogP contribution is -2.19. The fourth-order valence-electron chi connectivity index (χ4n) is 1.70. The van der Waals surface area contributed by atoms with E-state index in [1.807, 2.05) is 13.1 Å². The molecular formula is C10H11ClN4. The van der Waals surface area contributed by atoms with E-state index in [-0.39, 0.29) is 5.54 Å². The van der Waals surface area contributed by atoms with Crippen molar-refractivity contribution in [3.05, 3.63) is 28.8 Å². The quantitative estimate of drug-likeness (QED) is 0.798. The molecule has 4 nitrogen and oxygen atoms in total. The molecule has 2 heterocycles. The van der Waals surface area contributed by atoms with Gasteiger partial charge < -0.3 is 5.73 Å². The summed E-state index contributed by atoms with van der Waals surface area (Å²) in [4.78, 5) is 8.49. The normalized spacial score (nSPS) is 18.3. The Kier molecular flexibility index (Phi) is 1.65. The first kappa shape index (κ1) is 9.12. The van der Waals surface area contributed by atoms with Crippen molar-refractivity contribution in [1.82, 2.24) is 14.4 Å². The summed E-state index contributed by atoms with van der Waals surface area (Å²) in [6.45, 7) is 1.87. The van der Waals surface area contributed by atoms with Gasteiger partial charge in [-0.25, -0.2) is 9.97 Å². The van der Waals surface area contributed by atoms with Crippen LogP contribution in [0.15, 0.2) is 12.4 Å². The van der Waals surface area contributed by atoms with Crippen LogP contribution in [0.2, 0.25) is 5.15 Å². The van der Waals surface area contributed by atoms with Gasteiger partial charge in [-0.05, 0) is 19.8 Å². The standard InChI is InChI=1S/C10H11ClN4/c1-6-8(11)15-5-7(10(12)2-3-10)4-13-9(15)14-6/h4-5H,2-3,12H2,1H3. The summed E-state index contributed by atoms with van der Waals surface area (Å²) < 4.78 is 1.79. The molecule has 2 aromatic heterocycles. The lowest BCUT2D eigenvalue weighted by atomic mass is 10.1. The second-order valence-corrected chi connectivity index (χ2v) is 4.51. The summed E-state index contributed by atoms with van der Waals surface area (Å²) in [5.74, 6) is 0.630. The Morgan fingerprint density at radius 1 is 1.53 bits per heavy atom. The van der Waals surface area contributed by atoms with Crippen LogP contribution in [0.5, 0.6) is 0 Å². The van der Waals surface area contributed by atoms with Crippen molar-refractivity contribution in [2.75, 3.05) is 0 Å². The average Bonchev–Trinajstić information content (AvgIpc) is 2.90.